The maximum absolute atomic E-state index is 13.1. The Morgan fingerprint density at radius 2 is 1.56 bits per heavy atom. The fourth-order valence-corrected chi connectivity index (χ4v) is 10.6. The van der Waals surface area contributed by atoms with E-state index in [9.17, 15) is 14.7 Å². The number of aliphatic hydroxyl groups is 1. The van der Waals surface area contributed by atoms with Crippen molar-refractivity contribution < 1.29 is 28.6 Å². The number of hydrogen-bond donors (Lipinski definition) is 1. The molecule has 2 aromatic rings. The number of esters is 1. The van der Waals surface area contributed by atoms with E-state index in [0.29, 0.717) is 0 Å². The monoisotopic (exact) mass is 518 g/mol. The fraction of sp³-hybridized carbons (Fsp3) is 0.417. The summed E-state index contributed by atoms with van der Waals surface area (Å²) in [4.78, 5) is 25.1. The quantitative estimate of drug-likeness (QED) is 0.282. The van der Waals surface area contributed by atoms with Crippen LogP contribution in [0.4, 0.5) is 0 Å². The van der Waals surface area contributed by atoms with Crippen LogP contribution in [0.5, 0.6) is 0 Å². The molecule has 2 saturated heterocycles. The van der Waals surface area contributed by atoms with Crippen LogP contribution in [-0.2, 0) is 23.5 Å². The minimum Gasteiger partial charge on any atom is -0.468 e. The summed E-state index contributed by atoms with van der Waals surface area (Å²) in [5.41, 5.74) is 0. The number of halogens is 1. The Bertz CT molecular complexity index is 969. The van der Waals surface area contributed by atoms with Gasteiger partial charge < -0.3 is 19.0 Å². The van der Waals surface area contributed by atoms with Crippen molar-refractivity contribution in [1.82, 2.24) is 0 Å². The highest BCUT2D eigenvalue weighted by molar-refractivity contribution is 9.09. The summed E-state index contributed by atoms with van der Waals surface area (Å²) in [7, 11) is -1.97. The largest absolute Gasteiger partial charge is 0.468 e. The Balaban J connectivity index is 1.99. The first kappa shape index (κ1) is 23.3. The molecule has 0 spiro atoms. The van der Waals surface area contributed by atoms with Crippen LogP contribution >= 0.6 is 15.9 Å². The van der Waals surface area contributed by atoms with Gasteiger partial charge in [0.25, 0.3) is 8.32 Å². The van der Waals surface area contributed by atoms with E-state index in [1.54, 1.807) is 0 Å². The van der Waals surface area contributed by atoms with Gasteiger partial charge >= 0.3 is 5.97 Å². The fourth-order valence-electron chi connectivity index (χ4n) is 4.97. The molecule has 8 heteroatoms. The van der Waals surface area contributed by atoms with Crippen LogP contribution in [0.1, 0.15) is 20.8 Å². The number of fused-ring (bicyclic) bond motifs is 2. The number of benzene rings is 2. The number of rotatable bonds is 5. The van der Waals surface area contributed by atoms with Crippen LogP contribution in [0.2, 0.25) is 5.04 Å². The number of alkyl halides is 1. The van der Waals surface area contributed by atoms with Gasteiger partial charge in [-0.15, -0.1) is 0 Å². The van der Waals surface area contributed by atoms with E-state index in [2.05, 4.69) is 36.7 Å². The summed E-state index contributed by atoms with van der Waals surface area (Å²) in [5, 5.41) is 12.2. The molecule has 170 valence electrons. The zero-order valence-corrected chi connectivity index (χ0v) is 21.0. The first-order chi connectivity index (χ1) is 15.1. The number of ketones is 1. The molecule has 2 bridgehead atoms. The Morgan fingerprint density at radius 1 is 1.06 bits per heavy atom. The van der Waals surface area contributed by atoms with Crippen molar-refractivity contribution in [3.05, 3.63) is 60.7 Å². The molecule has 2 aliphatic rings. The normalized spacial score (nSPS) is 29.9. The molecule has 5 atom stereocenters. The van der Waals surface area contributed by atoms with Gasteiger partial charge in [-0.3, -0.25) is 9.59 Å². The van der Waals surface area contributed by atoms with Crippen molar-refractivity contribution in [2.75, 3.05) is 7.11 Å². The van der Waals surface area contributed by atoms with Crippen LogP contribution in [0.15, 0.2) is 60.7 Å². The van der Waals surface area contributed by atoms with Gasteiger partial charge in [0.15, 0.2) is 17.5 Å². The maximum atomic E-state index is 13.1. The maximum Gasteiger partial charge on any atom is 0.321 e. The lowest BCUT2D eigenvalue weighted by Gasteiger charge is -2.49. The number of methoxy groups -OCH3 is 1. The van der Waals surface area contributed by atoms with Gasteiger partial charge in [0.1, 0.15) is 12.2 Å². The number of hydrogen-bond acceptors (Lipinski definition) is 6. The van der Waals surface area contributed by atoms with Crippen molar-refractivity contribution in [2.24, 2.45) is 5.92 Å². The number of carbonyl (C=O) groups excluding carboxylic acids is 2. The average Bonchev–Trinajstić information content (AvgIpc) is 3.21. The zero-order chi connectivity index (χ0) is 23.3. The Hall–Kier alpha value is -1.84. The van der Waals surface area contributed by atoms with Crippen molar-refractivity contribution in [1.29, 1.82) is 0 Å². The van der Waals surface area contributed by atoms with Gasteiger partial charge in [0, 0.05) is 0 Å². The Labute approximate surface area is 197 Å². The highest BCUT2D eigenvalue weighted by Gasteiger charge is 2.74. The standard InChI is InChI=1S/C24H27BrO6Si/c1-23(2,3)32(15-11-7-5-8-12-15,16-13-9-6-10-14-16)31-24-17(22(28)29-4)18(26)20(30-24)19(27)21(24)25/h5-14,17,19-21,27H,1-4H3/t17-,19+,20-,21+,24-/m0/s1. The summed E-state index contributed by atoms with van der Waals surface area (Å²) in [6.45, 7) is 6.27. The molecular formula is C24H27BrO6Si. The number of carbonyl (C=O) groups is 2. The third-order valence-electron chi connectivity index (χ3n) is 6.44. The topological polar surface area (TPSA) is 82.1 Å². The van der Waals surface area contributed by atoms with Gasteiger partial charge in [-0.05, 0) is 15.4 Å². The molecule has 2 aliphatic heterocycles. The van der Waals surface area contributed by atoms with Crippen molar-refractivity contribution in [3.63, 3.8) is 0 Å². The molecule has 0 amide bonds. The molecule has 2 fully saturated rings. The van der Waals surface area contributed by atoms with E-state index < -0.39 is 53.8 Å². The lowest BCUT2D eigenvalue weighted by atomic mass is 9.83. The van der Waals surface area contributed by atoms with E-state index >= 15 is 0 Å². The second-order valence-electron chi connectivity index (χ2n) is 9.28. The molecule has 2 aromatic carbocycles. The summed E-state index contributed by atoms with van der Waals surface area (Å²) < 4.78 is 18.2. The van der Waals surface area contributed by atoms with Gasteiger partial charge in [-0.1, -0.05) is 97.4 Å². The van der Waals surface area contributed by atoms with Crippen LogP contribution < -0.4 is 10.4 Å². The summed E-state index contributed by atoms with van der Waals surface area (Å²) in [6, 6.07) is 19.7. The minimum atomic E-state index is -3.21. The van der Waals surface area contributed by atoms with Crippen LogP contribution in [0.25, 0.3) is 0 Å². The highest BCUT2D eigenvalue weighted by Crippen LogP contribution is 2.53. The molecule has 0 aliphatic carbocycles. The predicted octanol–water partition coefficient (Wildman–Crippen LogP) is 2.15. The van der Waals surface area contributed by atoms with Gasteiger partial charge in [-0.2, -0.15) is 0 Å². The number of aliphatic hydroxyl groups excluding tert-OH is 1. The first-order valence-electron chi connectivity index (χ1n) is 10.5. The molecule has 2 heterocycles. The molecular weight excluding hydrogens is 492 g/mol. The second kappa shape index (κ2) is 8.18. The number of ether oxygens (including phenoxy) is 2. The summed E-state index contributed by atoms with van der Waals surface area (Å²) in [6.07, 6.45) is -2.29. The van der Waals surface area contributed by atoms with E-state index in [0.717, 1.165) is 10.4 Å². The van der Waals surface area contributed by atoms with E-state index in [-0.39, 0.29) is 0 Å². The van der Waals surface area contributed by atoms with Gasteiger partial charge in [0.05, 0.1) is 11.9 Å². The molecule has 32 heavy (non-hydrogen) atoms. The van der Waals surface area contributed by atoms with Crippen molar-refractivity contribution in [3.8, 4) is 0 Å². The third kappa shape index (κ3) is 3.23. The SMILES string of the molecule is COC(=O)[C@@H]1C(=O)[C@@H]2O[C@@]1(O[Si](c1ccccc1)(c1ccccc1)C(C)(C)C)[C@H](Br)[C@@H]2O. The lowest BCUT2D eigenvalue weighted by molar-refractivity contribution is -0.183. The van der Waals surface area contributed by atoms with Crippen molar-refractivity contribution >= 4 is 46.4 Å². The zero-order valence-electron chi connectivity index (χ0n) is 18.4. The van der Waals surface area contributed by atoms with E-state index in [1.165, 1.54) is 7.11 Å². The Morgan fingerprint density at radius 3 is 2.00 bits per heavy atom. The van der Waals surface area contributed by atoms with Gasteiger partial charge in [0.2, 0.25) is 0 Å². The molecule has 0 aromatic heterocycles. The van der Waals surface area contributed by atoms with Crippen molar-refractivity contribution in [2.45, 2.75) is 48.6 Å². The molecule has 1 N–H and O–H groups in total. The molecule has 6 nitrogen and oxygen atoms in total. The smallest absolute Gasteiger partial charge is 0.321 e. The second-order valence-corrected chi connectivity index (χ2v) is 14.5. The molecule has 0 saturated carbocycles. The first-order valence-corrected chi connectivity index (χ1v) is 13.4. The average molecular weight is 519 g/mol. The summed E-state index contributed by atoms with van der Waals surface area (Å²) >= 11 is 3.51. The van der Waals surface area contributed by atoms with E-state index in [4.69, 9.17) is 13.9 Å². The summed E-state index contributed by atoms with van der Waals surface area (Å²) in [5.74, 6) is -4.24. The number of Topliss-reactive ketones (excluding diaryl/α,β-unsaturated/α-hetero) is 1. The minimum absolute atomic E-state index is 0.421. The highest BCUT2D eigenvalue weighted by atomic mass is 79.9. The van der Waals surface area contributed by atoms with Crippen LogP contribution in [-0.4, -0.2) is 55.1 Å². The third-order valence-corrected chi connectivity index (χ3v) is 12.6. The molecule has 4 rings (SSSR count). The predicted molar refractivity (Wildman–Crippen MR) is 126 cm³/mol. The molecule has 0 unspecified atom stereocenters. The van der Waals surface area contributed by atoms with Crippen LogP contribution in [0.3, 0.4) is 0 Å². The van der Waals surface area contributed by atoms with E-state index in [1.807, 2.05) is 60.7 Å². The lowest BCUT2D eigenvalue weighted by Crippen LogP contribution is -2.72. The van der Waals surface area contributed by atoms with Crippen LogP contribution in [0, 0.1) is 5.92 Å². The molecule has 0 radical (unpaired) electrons. The Kier molecular flexibility index (Phi) is 5.96. The van der Waals surface area contributed by atoms with Gasteiger partial charge in [-0.25, -0.2) is 0 Å².